The van der Waals surface area contributed by atoms with Crippen molar-refractivity contribution in [3.63, 3.8) is 0 Å². The summed E-state index contributed by atoms with van der Waals surface area (Å²) < 4.78 is 0. The molecule has 0 aliphatic carbocycles. The second-order valence-electron chi connectivity index (χ2n) is 5.98. The minimum Gasteiger partial charge on any atom is -0.323 e. The number of benzene rings is 1. The van der Waals surface area contributed by atoms with Gasteiger partial charge in [-0.3, -0.25) is 0 Å². The number of rotatable bonds is 8. The van der Waals surface area contributed by atoms with Crippen molar-refractivity contribution in [2.45, 2.75) is 53.5 Å². The zero-order valence-electron chi connectivity index (χ0n) is 13.9. The van der Waals surface area contributed by atoms with E-state index < -0.39 is 0 Å². The first-order valence-corrected chi connectivity index (χ1v) is 8.06. The summed E-state index contributed by atoms with van der Waals surface area (Å²) in [5.74, 6) is 0.793. The van der Waals surface area contributed by atoms with Gasteiger partial charge in [0.05, 0.1) is 0 Å². The molecule has 2 N–H and O–H groups in total. The molecule has 1 rings (SSSR count). The standard InChI is InChI=1S/C18H32N2/c1-6-16(7-2)12-20(8-3)13-18(19)17-10-9-14(4)15(5)11-17/h9-11,16,18H,6-8,12-13,19H2,1-5H3. The molecule has 0 saturated carbocycles. The van der Waals surface area contributed by atoms with Gasteiger partial charge >= 0.3 is 0 Å². The maximum Gasteiger partial charge on any atom is 0.0424 e. The van der Waals surface area contributed by atoms with Crippen LogP contribution in [-0.4, -0.2) is 24.5 Å². The summed E-state index contributed by atoms with van der Waals surface area (Å²) in [7, 11) is 0. The topological polar surface area (TPSA) is 29.3 Å². The van der Waals surface area contributed by atoms with Crippen molar-refractivity contribution in [1.29, 1.82) is 0 Å². The van der Waals surface area contributed by atoms with Gasteiger partial charge in [0.1, 0.15) is 0 Å². The Kier molecular flexibility index (Phi) is 7.25. The molecule has 0 bridgehead atoms. The average Bonchev–Trinajstić information content (AvgIpc) is 2.46. The normalized spacial score (nSPS) is 13.2. The number of nitrogens with zero attached hydrogens (tertiary/aromatic N) is 1. The van der Waals surface area contributed by atoms with Gasteiger partial charge in [0, 0.05) is 19.1 Å². The molecule has 1 atom stereocenters. The number of likely N-dealkylation sites (N-methyl/N-ethyl adjacent to an activating group) is 1. The van der Waals surface area contributed by atoms with Gasteiger partial charge in [0.15, 0.2) is 0 Å². The van der Waals surface area contributed by atoms with E-state index in [1.165, 1.54) is 36.1 Å². The Morgan fingerprint density at radius 2 is 1.65 bits per heavy atom. The Labute approximate surface area is 125 Å². The Hall–Kier alpha value is -0.860. The lowest BCUT2D eigenvalue weighted by atomic mass is 9.99. The van der Waals surface area contributed by atoms with E-state index in [4.69, 9.17) is 5.73 Å². The third kappa shape index (κ3) is 4.92. The first-order valence-electron chi connectivity index (χ1n) is 8.06. The highest BCUT2D eigenvalue weighted by atomic mass is 15.1. The molecule has 0 aromatic heterocycles. The van der Waals surface area contributed by atoms with Gasteiger partial charge in [-0.15, -0.1) is 0 Å². The van der Waals surface area contributed by atoms with E-state index >= 15 is 0 Å². The molecule has 0 spiro atoms. The second kappa shape index (κ2) is 8.43. The average molecular weight is 276 g/mol. The van der Waals surface area contributed by atoms with Crippen molar-refractivity contribution >= 4 is 0 Å². The summed E-state index contributed by atoms with van der Waals surface area (Å²) >= 11 is 0. The molecule has 0 saturated heterocycles. The van der Waals surface area contributed by atoms with Gasteiger partial charge in [-0.25, -0.2) is 0 Å². The summed E-state index contributed by atoms with van der Waals surface area (Å²) in [6.45, 7) is 14.3. The SMILES string of the molecule is CCC(CC)CN(CC)CC(N)c1ccc(C)c(C)c1. The maximum absolute atomic E-state index is 6.41. The number of aryl methyl sites for hydroxylation is 2. The molecule has 0 aliphatic heterocycles. The summed E-state index contributed by atoms with van der Waals surface area (Å²) in [5, 5.41) is 0. The van der Waals surface area contributed by atoms with Crippen LogP contribution in [0.1, 0.15) is 56.3 Å². The molecule has 2 heteroatoms. The number of hydrogen-bond donors (Lipinski definition) is 1. The molecule has 1 unspecified atom stereocenters. The summed E-state index contributed by atoms with van der Waals surface area (Å²) in [6.07, 6.45) is 2.51. The van der Waals surface area contributed by atoms with Gasteiger partial charge < -0.3 is 10.6 Å². The monoisotopic (exact) mass is 276 g/mol. The molecule has 1 aromatic rings. The summed E-state index contributed by atoms with van der Waals surface area (Å²) in [4.78, 5) is 2.50. The molecule has 0 heterocycles. The van der Waals surface area contributed by atoms with E-state index in [2.05, 4.69) is 57.7 Å². The van der Waals surface area contributed by atoms with Crippen LogP contribution >= 0.6 is 0 Å². The highest BCUT2D eigenvalue weighted by molar-refractivity contribution is 5.31. The Morgan fingerprint density at radius 3 is 2.15 bits per heavy atom. The van der Waals surface area contributed by atoms with E-state index in [1.54, 1.807) is 0 Å². The molecule has 0 radical (unpaired) electrons. The highest BCUT2D eigenvalue weighted by Crippen LogP contribution is 2.18. The lowest BCUT2D eigenvalue weighted by molar-refractivity contribution is 0.222. The van der Waals surface area contributed by atoms with Crippen LogP contribution in [0.3, 0.4) is 0 Å². The molecular formula is C18H32N2. The van der Waals surface area contributed by atoms with E-state index in [-0.39, 0.29) is 6.04 Å². The fourth-order valence-corrected chi connectivity index (χ4v) is 2.62. The van der Waals surface area contributed by atoms with Crippen LogP contribution in [0, 0.1) is 19.8 Å². The first-order chi connectivity index (χ1) is 9.51. The van der Waals surface area contributed by atoms with Crippen LogP contribution in [0.2, 0.25) is 0 Å². The zero-order chi connectivity index (χ0) is 15.1. The van der Waals surface area contributed by atoms with Gasteiger partial charge in [0.25, 0.3) is 0 Å². The molecule has 0 aliphatic rings. The lowest BCUT2D eigenvalue weighted by Gasteiger charge is -2.28. The minimum absolute atomic E-state index is 0.114. The Balaban J connectivity index is 2.66. The van der Waals surface area contributed by atoms with Crippen LogP contribution in [0.4, 0.5) is 0 Å². The number of hydrogen-bond acceptors (Lipinski definition) is 2. The maximum atomic E-state index is 6.41. The predicted octanol–water partition coefficient (Wildman–Crippen LogP) is 4.06. The molecule has 2 nitrogen and oxygen atoms in total. The van der Waals surface area contributed by atoms with Crippen molar-refractivity contribution in [2.24, 2.45) is 11.7 Å². The lowest BCUT2D eigenvalue weighted by Crippen LogP contribution is -2.35. The molecule has 20 heavy (non-hydrogen) atoms. The van der Waals surface area contributed by atoms with Crippen LogP contribution in [0.25, 0.3) is 0 Å². The van der Waals surface area contributed by atoms with E-state index in [0.717, 1.165) is 19.0 Å². The van der Waals surface area contributed by atoms with Crippen molar-refractivity contribution < 1.29 is 0 Å². The Morgan fingerprint density at radius 1 is 1.00 bits per heavy atom. The van der Waals surface area contributed by atoms with Gasteiger partial charge in [-0.1, -0.05) is 51.8 Å². The molecule has 1 aromatic carbocycles. The third-order valence-corrected chi connectivity index (χ3v) is 4.53. The first kappa shape index (κ1) is 17.2. The zero-order valence-corrected chi connectivity index (χ0v) is 13.9. The van der Waals surface area contributed by atoms with E-state index in [9.17, 15) is 0 Å². The van der Waals surface area contributed by atoms with Crippen LogP contribution in [-0.2, 0) is 0 Å². The predicted molar refractivity (Wildman–Crippen MR) is 89.0 cm³/mol. The smallest absolute Gasteiger partial charge is 0.0424 e. The highest BCUT2D eigenvalue weighted by Gasteiger charge is 2.14. The van der Waals surface area contributed by atoms with Gasteiger partial charge in [0.2, 0.25) is 0 Å². The van der Waals surface area contributed by atoms with Crippen LogP contribution in [0.5, 0.6) is 0 Å². The fraction of sp³-hybridized carbons (Fsp3) is 0.667. The van der Waals surface area contributed by atoms with Crippen LogP contribution < -0.4 is 5.73 Å². The fourth-order valence-electron chi connectivity index (χ4n) is 2.62. The third-order valence-electron chi connectivity index (χ3n) is 4.53. The summed E-state index contributed by atoms with van der Waals surface area (Å²) in [6, 6.07) is 6.72. The quantitative estimate of drug-likeness (QED) is 0.776. The van der Waals surface area contributed by atoms with Crippen LogP contribution in [0.15, 0.2) is 18.2 Å². The summed E-state index contributed by atoms with van der Waals surface area (Å²) in [5.41, 5.74) is 10.3. The van der Waals surface area contributed by atoms with E-state index in [0.29, 0.717) is 0 Å². The second-order valence-corrected chi connectivity index (χ2v) is 5.98. The van der Waals surface area contributed by atoms with Gasteiger partial charge in [-0.2, -0.15) is 0 Å². The minimum atomic E-state index is 0.114. The molecular weight excluding hydrogens is 244 g/mol. The van der Waals surface area contributed by atoms with E-state index in [1.807, 2.05) is 0 Å². The van der Waals surface area contributed by atoms with Crippen molar-refractivity contribution in [2.75, 3.05) is 19.6 Å². The largest absolute Gasteiger partial charge is 0.323 e. The van der Waals surface area contributed by atoms with Crippen molar-refractivity contribution in [3.8, 4) is 0 Å². The Bertz CT molecular complexity index is 396. The molecule has 0 fully saturated rings. The molecule has 0 amide bonds. The van der Waals surface area contributed by atoms with Crippen molar-refractivity contribution in [3.05, 3.63) is 34.9 Å². The van der Waals surface area contributed by atoms with Crippen molar-refractivity contribution in [1.82, 2.24) is 4.90 Å². The number of nitrogens with two attached hydrogens (primary N) is 1. The van der Waals surface area contributed by atoms with Gasteiger partial charge in [-0.05, 0) is 43.0 Å². The molecule has 114 valence electrons.